The van der Waals surface area contributed by atoms with E-state index in [1.807, 2.05) is 12.1 Å². The quantitative estimate of drug-likeness (QED) is 0.790. The first-order valence-corrected chi connectivity index (χ1v) is 7.16. The first kappa shape index (κ1) is 11.2. The van der Waals surface area contributed by atoms with Gasteiger partial charge in [0.1, 0.15) is 4.90 Å². The molecule has 0 fully saturated rings. The summed E-state index contributed by atoms with van der Waals surface area (Å²) in [4.78, 5) is 2.97. The van der Waals surface area contributed by atoms with Crippen LogP contribution >= 0.6 is 0 Å². The average molecular weight is 263 g/mol. The number of hydrogen-bond acceptors (Lipinski definition) is 3. The number of aromatic amines is 1. The molecule has 0 bridgehead atoms. The zero-order chi connectivity index (χ0) is 12.6. The second kappa shape index (κ2) is 4.06. The van der Waals surface area contributed by atoms with Crippen LogP contribution in [0.3, 0.4) is 0 Å². The van der Waals surface area contributed by atoms with Crippen molar-refractivity contribution in [3.05, 3.63) is 42.2 Å². The summed E-state index contributed by atoms with van der Waals surface area (Å²) in [7, 11) is -3.49. The van der Waals surface area contributed by atoms with Crippen LogP contribution in [0.5, 0.6) is 0 Å². The Bertz CT molecular complexity index is 663. The van der Waals surface area contributed by atoms with Gasteiger partial charge in [-0.2, -0.15) is 0 Å². The van der Waals surface area contributed by atoms with E-state index in [4.69, 9.17) is 0 Å². The van der Waals surface area contributed by atoms with E-state index < -0.39 is 10.0 Å². The van der Waals surface area contributed by atoms with Gasteiger partial charge in [-0.3, -0.25) is 4.72 Å². The molecule has 0 saturated heterocycles. The molecule has 0 aliphatic carbocycles. The van der Waals surface area contributed by atoms with Crippen LogP contribution in [0.15, 0.2) is 41.6 Å². The lowest BCUT2D eigenvalue weighted by atomic mass is 10.1. The Hall–Kier alpha value is -1.95. The highest BCUT2D eigenvalue weighted by Crippen LogP contribution is 2.26. The molecule has 2 heterocycles. The number of H-pyrrole nitrogens is 1. The summed E-state index contributed by atoms with van der Waals surface area (Å²) in [5.41, 5.74) is 2.82. The van der Waals surface area contributed by atoms with Gasteiger partial charge in [0.2, 0.25) is 0 Å². The molecule has 0 unspecified atom stereocenters. The SMILES string of the molecule is O=S(=O)(Nc1ccc2c(c1)CCN2)c1cc[nH]c1. The second-order valence-electron chi connectivity index (χ2n) is 4.20. The van der Waals surface area contributed by atoms with Gasteiger partial charge in [0.15, 0.2) is 0 Å². The fourth-order valence-corrected chi connectivity index (χ4v) is 3.08. The van der Waals surface area contributed by atoms with Crippen molar-refractivity contribution in [1.29, 1.82) is 0 Å². The zero-order valence-corrected chi connectivity index (χ0v) is 10.4. The monoisotopic (exact) mass is 263 g/mol. The molecule has 1 aliphatic heterocycles. The highest BCUT2D eigenvalue weighted by molar-refractivity contribution is 7.92. The average Bonchev–Trinajstić information content (AvgIpc) is 2.99. The van der Waals surface area contributed by atoms with Crippen LogP contribution in [0.4, 0.5) is 11.4 Å². The summed E-state index contributed by atoms with van der Waals surface area (Å²) in [6, 6.07) is 7.06. The molecular weight excluding hydrogens is 250 g/mol. The van der Waals surface area contributed by atoms with E-state index in [2.05, 4.69) is 15.0 Å². The first-order chi connectivity index (χ1) is 8.65. The summed E-state index contributed by atoms with van der Waals surface area (Å²) >= 11 is 0. The minimum atomic E-state index is -3.49. The number of sulfonamides is 1. The third kappa shape index (κ3) is 1.95. The summed E-state index contributed by atoms with van der Waals surface area (Å²) in [5, 5.41) is 3.24. The van der Waals surface area contributed by atoms with Crippen LogP contribution in [0.1, 0.15) is 5.56 Å². The molecule has 1 aliphatic rings. The van der Waals surface area contributed by atoms with Gasteiger partial charge in [-0.25, -0.2) is 8.42 Å². The van der Waals surface area contributed by atoms with E-state index in [1.54, 1.807) is 12.3 Å². The molecule has 1 aromatic carbocycles. The van der Waals surface area contributed by atoms with Crippen LogP contribution in [0.2, 0.25) is 0 Å². The van der Waals surface area contributed by atoms with Crippen LogP contribution < -0.4 is 10.0 Å². The largest absolute Gasteiger partial charge is 0.384 e. The molecule has 0 radical (unpaired) electrons. The van der Waals surface area contributed by atoms with Gasteiger partial charge in [0.05, 0.1) is 0 Å². The van der Waals surface area contributed by atoms with Crippen molar-refractivity contribution >= 4 is 21.4 Å². The van der Waals surface area contributed by atoms with Crippen molar-refractivity contribution in [3.63, 3.8) is 0 Å². The standard InChI is InChI=1S/C12H13N3O2S/c16-18(17,11-4-5-13-8-11)15-10-1-2-12-9(7-10)3-6-14-12/h1-2,4-5,7-8,13-15H,3,6H2. The van der Waals surface area contributed by atoms with Crippen LogP contribution in [0, 0.1) is 0 Å². The molecular formula is C12H13N3O2S. The molecule has 18 heavy (non-hydrogen) atoms. The van der Waals surface area contributed by atoms with Crippen LogP contribution in [0.25, 0.3) is 0 Å². The summed E-state index contributed by atoms with van der Waals surface area (Å²) in [5.74, 6) is 0. The summed E-state index contributed by atoms with van der Waals surface area (Å²) < 4.78 is 26.6. The first-order valence-electron chi connectivity index (χ1n) is 5.67. The third-order valence-electron chi connectivity index (χ3n) is 2.95. The maximum absolute atomic E-state index is 12.0. The summed E-state index contributed by atoms with van der Waals surface area (Å²) in [6.07, 6.45) is 3.97. The Kier molecular flexibility index (Phi) is 2.52. The van der Waals surface area contributed by atoms with Crippen molar-refractivity contribution < 1.29 is 8.42 Å². The molecule has 0 atom stereocenters. The second-order valence-corrected chi connectivity index (χ2v) is 5.88. The number of fused-ring (bicyclic) bond motifs is 1. The Balaban J connectivity index is 1.89. The van der Waals surface area contributed by atoms with Crippen molar-refractivity contribution in [3.8, 4) is 0 Å². The fourth-order valence-electron chi connectivity index (χ4n) is 2.06. The van der Waals surface area contributed by atoms with Crippen molar-refractivity contribution in [1.82, 2.24) is 4.98 Å². The highest BCUT2D eigenvalue weighted by atomic mass is 32.2. The maximum Gasteiger partial charge on any atom is 0.263 e. The molecule has 0 spiro atoms. The molecule has 3 N–H and O–H groups in total. The van der Waals surface area contributed by atoms with E-state index in [9.17, 15) is 8.42 Å². The molecule has 3 rings (SSSR count). The van der Waals surface area contributed by atoms with Crippen LogP contribution in [-0.2, 0) is 16.4 Å². The Labute approximate surface area is 105 Å². The van der Waals surface area contributed by atoms with E-state index in [1.165, 1.54) is 12.3 Å². The van der Waals surface area contributed by atoms with E-state index >= 15 is 0 Å². The van der Waals surface area contributed by atoms with Crippen molar-refractivity contribution in [2.75, 3.05) is 16.6 Å². The van der Waals surface area contributed by atoms with Gasteiger partial charge in [-0.1, -0.05) is 0 Å². The lowest BCUT2D eigenvalue weighted by molar-refractivity contribution is 0.601. The number of aromatic nitrogens is 1. The number of anilines is 2. The minimum Gasteiger partial charge on any atom is -0.384 e. The third-order valence-corrected chi connectivity index (χ3v) is 4.33. The van der Waals surface area contributed by atoms with Gasteiger partial charge < -0.3 is 10.3 Å². The molecule has 0 saturated carbocycles. The number of nitrogens with one attached hydrogen (secondary N) is 3. The topological polar surface area (TPSA) is 74.0 Å². The molecule has 94 valence electrons. The Morgan fingerprint density at radius 1 is 1.22 bits per heavy atom. The number of hydrogen-bond donors (Lipinski definition) is 3. The molecule has 6 heteroatoms. The van der Waals surface area contributed by atoms with Crippen LogP contribution in [-0.4, -0.2) is 19.9 Å². The molecule has 1 aromatic heterocycles. The Morgan fingerprint density at radius 3 is 2.89 bits per heavy atom. The highest BCUT2D eigenvalue weighted by Gasteiger charge is 2.16. The van der Waals surface area contributed by atoms with Gasteiger partial charge in [-0.15, -0.1) is 0 Å². The lowest BCUT2D eigenvalue weighted by Gasteiger charge is -2.08. The fraction of sp³-hybridized carbons (Fsp3) is 0.167. The smallest absolute Gasteiger partial charge is 0.263 e. The van der Waals surface area contributed by atoms with Gasteiger partial charge in [0, 0.05) is 30.3 Å². The number of rotatable bonds is 3. The molecule has 5 nitrogen and oxygen atoms in total. The van der Waals surface area contributed by atoms with E-state index in [0.717, 1.165) is 24.2 Å². The molecule has 2 aromatic rings. The Morgan fingerprint density at radius 2 is 2.11 bits per heavy atom. The van der Waals surface area contributed by atoms with Crippen molar-refractivity contribution in [2.24, 2.45) is 0 Å². The number of benzene rings is 1. The maximum atomic E-state index is 12.0. The summed E-state index contributed by atoms with van der Waals surface area (Å²) in [6.45, 7) is 0.906. The minimum absolute atomic E-state index is 0.237. The molecule has 0 amide bonds. The predicted octanol–water partition coefficient (Wildman–Crippen LogP) is 1.78. The van der Waals surface area contributed by atoms with E-state index in [-0.39, 0.29) is 4.90 Å². The van der Waals surface area contributed by atoms with Gasteiger partial charge >= 0.3 is 0 Å². The van der Waals surface area contributed by atoms with Gasteiger partial charge in [-0.05, 0) is 36.2 Å². The predicted molar refractivity (Wildman–Crippen MR) is 70.2 cm³/mol. The van der Waals surface area contributed by atoms with Crippen molar-refractivity contribution in [2.45, 2.75) is 11.3 Å². The lowest BCUT2D eigenvalue weighted by Crippen LogP contribution is -2.12. The zero-order valence-electron chi connectivity index (χ0n) is 9.60. The normalized spacial score (nSPS) is 14.0. The van der Waals surface area contributed by atoms with E-state index in [0.29, 0.717) is 5.69 Å². The van der Waals surface area contributed by atoms with Gasteiger partial charge in [0.25, 0.3) is 10.0 Å².